The van der Waals surface area contributed by atoms with Gasteiger partial charge in [0.1, 0.15) is 10.2 Å². The Morgan fingerprint density at radius 2 is 2.16 bits per heavy atom. The maximum absolute atomic E-state index is 13.8. The van der Waals surface area contributed by atoms with Crippen LogP contribution in [0.1, 0.15) is 27.5 Å². The highest BCUT2D eigenvalue weighted by Crippen LogP contribution is 2.37. The van der Waals surface area contributed by atoms with E-state index >= 15 is 0 Å². The number of imidazole rings is 1. The van der Waals surface area contributed by atoms with Gasteiger partial charge in [-0.2, -0.15) is 18.3 Å². The molecule has 1 aliphatic heterocycles. The minimum Gasteiger partial charge on any atom is -0.333 e. The molecular formula is C20H14ClF3N6OS. The van der Waals surface area contributed by atoms with Crippen molar-refractivity contribution in [3.8, 4) is 11.3 Å². The van der Waals surface area contributed by atoms with Gasteiger partial charge in [-0.05, 0) is 24.1 Å². The van der Waals surface area contributed by atoms with Crippen molar-refractivity contribution in [2.24, 2.45) is 0 Å². The number of H-pyrrole nitrogens is 1. The van der Waals surface area contributed by atoms with Gasteiger partial charge in [0, 0.05) is 42.6 Å². The van der Waals surface area contributed by atoms with Crippen LogP contribution in [0.2, 0.25) is 5.15 Å². The summed E-state index contributed by atoms with van der Waals surface area (Å²) < 4.78 is 42.4. The first-order valence-corrected chi connectivity index (χ1v) is 10.8. The van der Waals surface area contributed by atoms with Crippen molar-refractivity contribution in [2.45, 2.75) is 12.6 Å². The highest BCUT2D eigenvalue weighted by atomic mass is 35.5. The molecule has 0 aliphatic carbocycles. The molecule has 0 atom stereocenters. The summed E-state index contributed by atoms with van der Waals surface area (Å²) in [6.45, 7) is 0.682. The van der Waals surface area contributed by atoms with Crippen LogP contribution in [-0.4, -0.2) is 48.5 Å². The summed E-state index contributed by atoms with van der Waals surface area (Å²) >= 11 is 7.88. The molecule has 1 amide bonds. The van der Waals surface area contributed by atoms with Gasteiger partial charge in [-0.3, -0.25) is 14.3 Å². The van der Waals surface area contributed by atoms with E-state index in [4.69, 9.17) is 11.6 Å². The number of fused-ring (bicyclic) bond motifs is 1. The topological polar surface area (TPSA) is 79.2 Å². The summed E-state index contributed by atoms with van der Waals surface area (Å²) in [4.78, 5) is 22.9. The number of nitrogens with zero attached hydrogens (tertiary/aromatic N) is 5. The summed E-state index contributed by atoms with van der Waals surface area (Å²) in [6, 6.07) is 2.49. The smallest absolute Gasteiger partial charge is 0.333 e. The third-order valence-electron chi connectivity index (χ3n) is 5.17. The van der Waals surface area contributed by atoms with Crippen molar-refractivity contribution in [2.75, 3.05) is 13.1 Å². The molecule has 32 heavy (non-hydrogen) atoms. The lowest BCUT2D eigenvalue weighted by atomic mass is 10.1. The van der Waals surface area contributed by atoms with Crippen molar-refractivity contribution in [3.63, 3.8) is 0 Å². The van der Waals surface area contributed by atoms with Crippen LogP contribution in [0.3, 0.4) is 0 Å². The summed E-state index contributed by atoms with van der Waals surface area (Å²) in [5.74, 6) is -0.525. The first-order chi connectivity index (χ1) is 15.3. The zero-order valence-electron chi connectivity index (χ0n) is 16.2. The van der Waals surface area contributed by atoms with E-state index in [0.29, 0.717) is 25.2 Å². The van der Waals surface area contributed by atoms with E-state index in [-0.39, 0.29) is 16.4 Å². The highest BCUT2D eigenvalue weighted by molar-refractivity contribution is 7.10. The van der Waals surface area contributed by atoms with Crippen LogP contribution in [0.4, 0.5) is 13.2 Å². The number of nitrogens with one attached hydrogen (secondary N) is 1. The summed E-state index contributed by atoms with van der Waals surface area (Å²) in [5, 5.41) is 9.09. The first-order valence-electron chi connectivity index (χ1n) is 9.50. The van der Waals surface area contributed by atoms with Crippen molar-refractivity contribution in [1.29, 1.82) is 0 Å². The standard InChI is InChI=1S/C20H14ClF3N6OS/c21-16-15(19(31)29-6-2-11(3-7-29)18-25-5-8-32-18)27-17-13(20(22,23)24)9-12(10-30(16)17)14-1-4-26-28-14/h1-2,4-5,8-10H,3,6-7H2,(H,26,28). The van der Waals surface area contributed by atoms with Gasteiger partial charge in [-0.15, -0.1) is 11.3 Å². The monoisotopic (exact) mass is 478 g/mol. The van der Waals surface area contributed by atoms with Crippen molar-refractivity contribution >= 4 is 40.1 Å². The summed E-state index contributed by atoms with van der Waals surface area (Å²) in [7, 11) is 0. The van der Waals surface area contributed by atoms with Crippen molar-refractivity contribution < 1.29 is 18.0 Å². The fourth-order valence-electron chi connectivity index (χ4n) is 3.60. The van der Waals surface area contributed by atoms with E-state index < -0.39 is 23.3 Å². The molecule has 7 nitrogen and oxygen atoms in total. The van der Waals surface area contributed by atoms with Gasteiger partial charge in [-0.1, -0.05) is 17.7 Å². The zero-order chi connectivity index (χ0) is 22.5. The average Bonchev–Trinajstić information content (AvgIpc) is 3.54. The second-order valence-corrected chi connectivity index (χ2v) is 8.36. The van der Waals surface area contributed by atoms with E-state index in [1.165, 1.54) is 28.6 Å². The van der Waals surface area contributed by atoms with Gasteiger partial charge in [0.25, 0.3) is 5.91 Å². The predicted octanol–water partition coefficient (Wildman–Crippen LogP) is 4.78. The SMILES string of the molecule is O=C(c1nc2c(C(F)(F)F)cc(-c3cc[nH]n3)cn2c1Cl)N1CC=C(c2nccs2)CC1. The average molecular weight is 479 g/mol. The van der Waals surface area contributed by atoms with E-state index in [1.54, 1.807) is 12.3 Å². The molecule has 0 fully saturated rings. The molecule has 0 saturated heterocycles. The van der Waals surface area contributed by atoms with E-state index in [0.717, 1.165) is 21.0 Å². The zero-order valence-corrected chi connectivity index (χ0v) is 17.8. The molecular weight excluding hydrogens is 465 g/mol. The van der Waals surface area contributed by atoms with Gasteiger partial charge >= 0.3 is 6.18 Å². The fraction of sp³-hybridized carbons (Fsp3) is 0.200. The van der Waals surface area contributed by atoms with Crippen molar-refractivity contribution in [3.05, 3.63) is 63.6 Å². The lowest BCUT2D eigenvalue weighted by molar-refractivity contribution is -0.136. The minimum atomic E-state index is -4.70. The predicted molar refractivity (Wildman–Crippen MR) is 113 cm³/mol. The molecule has 0 saturated carbocycles. The van der Waals surface area contributed by atoms with Crippen LogP contribution in [0.5, 0.6) is 0 Å². The van der Waals surface area contributed by atoms with Crippen LogP contribution in [-0.2, 0) is 6.18 Å². The second kappa shape index (κ2) is 7.75. The molecule has 0 bridgehead atoms. The van der Waals surface area contributed by atoms with Crippen LogP contribution in [0.15, 0.2) is 42.2 Å². The van der Waals surface area contributed by atoms with Gasteiger partial charge in [0.15, 0.2) is 11.3 Å². The number of amides is 1. The minimum absolute atomic E-state index is 0.178. The Kier molecular flexibility index (Phi) is 5.01. The highest BCUT2D eigenvalue weighted by Gasteiger charge is 2.36. The molecule has 12 heteroatoms. The van der Waals surface area contributed by atoms with E-state index in [1.807, 2.05) is 11.5 Å². The van der Waals surface area contributed by atoms with E-state index in [2.05, 4.69) is 20.2 Å². The van der Waals surface area contributed by atoms with Crippen LogP contribution < -0.4 is 0 Å². The number of alkyl halides is 3. The Morgan fingerprint density at radius 1 is 1.31 bits per heavy atom. The number of hydrogen-bond donors (Lipinski definition) is 1. The van der Waals surface area contributed by atoms with Crippen LogP contribution >= 0.6 is 22.9 Å². The molecule has 5 rings (SSSR count). The summed E-state index contributed by atoms with van der Waals surface area (Å²) in [6.07, 6.45) is 2.39. The molecule has 0 radical (unpaired) electrons. The maximum atomic E-state index is 13.8. The third kappa shape index (κ3) is 3.56. The number of pyridine rings is 1. The van der Waals surface area contributed by atoms with E-state index in [9.17, 15) is 18.0 Å². The Bertz CT molecular complexity index is 1330. The number of thiazole rings is 1. The third-order valence-corrected chi connectivity index (χ3v) is 6.38. The number of carbonyl (C=O) groups excluding carboxylic acids is 1. The molecule has 1 N–H and O–H groups in total. The molecule has 0 spiro atoms. The largest absolute Gasteiger partial charge is 0.420 e. The Balaban J connectivity index is 1.54. The number of aromatic amines is 1. The number of aromatic nitrogens is 5. The molecule has 5 heterocycles. The Hall–Kier alpha value is -3.18. The molecule has 1 aliphatic rings. The molecule has 0 aromatic carbocycles. The van der Waals surface area contributed by atoms with Crippen LogP contribution in [0.25, 0.3) is 22.5 Å². The lowest BCUT2D eigenvalue weighted by Crippen LogP contribution is -2.35. The van der Waals surface area contributed by atoms with Gasteiger partial charge in [0.2, 0.25) is 0 Å². The molecule has 4 aromatic rings. The van der Waals surface area contributed by atoms with Crippen LogP contribution in [0, 0.1) is 0 Å². The van der Waals surface area contributed by atoms with Gasteiger partial charge < -0.3 is 4.90 Å². The Morgan fingerprint density at radius 3 is 2.78 bits per heavy atom. The number of hydrogen-bond acceptors (Lipinski definition) is 5. The fourth-order valence-corrected chi connectivity index (χ4v) is 4.56. The van der Waals surface area contributed by atoms with Gasteiger partial charge in [-0.25, -0.2) is 9.97 Å². The lowest BCUT2D eigenvalue weighted by Gasteiger charge is -2.25. The number of rotatable bonds is 3. The summed E-state index contributed by atoms with van der Waals surface area (Å²) in [5.41, 5.74) is -0.107. The quantitative estimate of drug-likeness (QED) is 0.459. The normalized spacial score (nSPS) is 14.8. The van der Waals surface area contributed by atoms with Gasteiger partial charge in [0.05, 0.1) is 11.3 Å². The molecule has 4 aromatic heterocycles. The molecule has 164 valence electrons. The first kappa shape index (κ1) is 20.7. The second-order valence-electron chi connectivity index (χ2n) is 7.11. The Labute approximate surface area is 188 Å². The number of halogens is 4. The van der Waals surface area contributed by atoms with Crippen molar-refractivity contribution in [1.82, 2.24) is 29.5 Å². The maximum Gasteiger partial charge on any atom is 0.420 e. The number of carbonyl (C=O) groups is 1. The molecule has 0 unspecified atom stereocenters.